The molecule has 0 spiro atoms. The van der Waals surface area contributed by atoms with Crippen LogP contribution in [-0.4, -0.2) is 24.0 Å². The van der Waals surface area contributed by atoms with Gasteiger partial charge in [-0.2, -0.15) is 0 Å². The van der Waals surface area contributed by atoms with E-state index >= 15 is 0 Å². The predicted octanol–water partition coefficient (Wildman–Crippen LogP) is 1.54. The topological polar surface area (TPSA) is 20.3 Å². The van der Waals surface area contributed by atoms with Crippen LogP contribution in [0, 0.1) is 0 Å². The molecule has 2 nitrogen and oxygen atoms in total. The number of β-lactam (4-membered cyclic amide) rings is 1. The average molecular weight is 179 g/mol. The van der Waals surface area contributed by atoms with Crippen LogP contribution in [0.2, 0.25) is 0 Å². The molecule has 1 aromatic rings. The molecule has 1 aliphatic heterocycles. The Morgan fingerprint density at radius 1 is 1.31 bits per heavy atom. The number of benzene rings is 1. The summed E-state index contributed by atoms with van der Waals surface area (Å²) in [5, 5.41) is 0. The van der Waals surface area contributed by atoms with Gasteiger partial charge >= 0.3 is 0 Å². The van der Waals surface area contributed by atoms with E-state index in [1.807, 2.05) is 30.3 Å². The van der Waals surface area contributed by atoms with E-state index in [1.165, 1.54) is 4.90 Å². The smallest absolute Gasteiger partial charge is 0.260 e. The number of carbonyl (C=O) groups is 1. The fraction of sp³-hybridized carbons (Fsp3) is 0.300. The Balaban J connectivity index is 2.25. The van der Waals surface area contributed by atoms with Gasteiger partial charge in [-0.1, -0.05) is 30.3 Å². The van der Waals surface area contributed by atoms with Gasteiger partial charge in [-0.3, -0.25) is 4.79 Å². The summed E-state index contributed by atoms with van der Waals surface area (Å²) in [6.07, 6.45) is -1.35. The lowest BCUT2D eigenvalue weighted by Crippen LogP contribution is -2.54. The van der Waals surface area contributed by atoms with Gasteiger partial charge < -0.3 is 4.90 Å². The molecule has 0 saturated carbocycles. The molecular formula is C10H10FNO. The summed E-state index contributed by atoms with van der Waals surface area (Å²) >= 11 is 0. The number of amides is 1. The number of halogens is 1. The molecule has 1 aromatic carbocycles. The third-order valence-corrected chi connectivity index (χ3v) is 2.42. The molecule has 1 heterocycles. The lowest BCUT2D eigenvalue weighted by molar-refractivity contribution is -0.155. The fourth-order valence-corrected chi connectivity index (χ4v) is 1.62. The van der Waals surface area contributed by atoms with Gasteiger partial charge in [0.2, 0.25) is 6.17 Å². The second-order valence-corrected chi connectivity index (χ2v) is 3.21. The third-order valence-electron chi connectivity index (χ3n) is 2.42. The van der Waals surface area contributed by atoms with Crippen molar-refractivity contribution in [3.05, 3.63) is 35.9 Å². The largest absolute Gasteiger partial charge is 0.333 e. The second kappa shape index (κ2) is 2.83. The molecule has 0 unspecified atom stereocenters. The Labute approximate surface area is 76.0 Å². The van der Waals surface area contributed by atoms with Gasteiger partial charge in [-0.05, 0) is 5.56 Å². The number of rotatable bonds is 1. The minimum Gasteiger partial charge on any atom is -0.333 e. The van der Waals surface area contributed by atoms with Gasteiger partial charge in [0.1, 0.15) is 0 Å². The Hall–Kier alpha value is -1.38. The minimum absolute atomic E-state index is 0.381. The SMILES string of the molecule is CN1C(=O)[C@@H](F)[C@H]1c1ccccc1. The zero-order valence-electron chi connectivity index (χ0n) is 7.27. The molecule has 13 heavy (non-hydrogen) atoms. The summed E-state index contributed by atoms with van der Waals surface area (Å²) in [6.45, 7) is 0. The molecule has 1 fully saturated rings. The number of hydrogen-bond donors (Lipinski definition) is 0. The summed E-state index contributed by atoms with van der Waals surface area (Å²) < 4.78 is 13.1. The van der Waals surface area contributed by atoms with E-state index in [2.05, 4.69) is 0 Å². The van der Waals surface area contributed by atoms with Crippen LogP contribution in [0.3, 0.4) is 0 Å². The van der Waals surface area contributed by atoms with Gasteiger partial charge in [0.25, 0.3) is 5.91 Å². The van der Waals surface area contributed by atoms with Gasteiger partial charge in [0, 0.05) is 7.05 Å². The first-order valence-electron chi connectivity index (χ1n) is 4.17. The average Bonchev–Trinajstić information content (AvgIpc) is 2.19. The van der Waals surface area contributed by atoms with Crippen molar-refractivity contribution in [3.63, 3.8) is 0 Å². The molecule has 0 aromatic heterocycles. The van der Waals surface area contributed by atoms with Crippen molar-refractivity contribution in [1.82, 2.24) is 4.90 Å². The molecule has 3 heteroatoms. The first kappa shape index (κ1) is 8.23. The molecule has 0 N–H and O–H groups in total. The molecule has 0 radical (unpaired) electrons. The highest BCUT2D eigenvalue weighted by atomic mass is 19.1. The zero-order chi connectivity index (χ0) is 9.42. The van der Waals surface area contributed by atoms with Crippen molar-refractivity contribution in [1.29, 1.82) is 0 Å². The van der Waals surface area contributed by atoms with Crippen LogP contribution in [0.5, 0.6) is 0 Å². The number of hydrogen-bond acceptors (Lipinski definition) is 1. The second-order valence-electron chi connectivity index (χ2n) is 3.21. The van der Waals surface area contributed by atoms with Crippen molar-refractivity contribution in [3.8, 4) is 0 Å². The first-order chi connectivity index (χ1) is 6.22. The summed E-state index contributed by atoms with van der Waals surface area (Å²) in [5.74, 6) is -0.422. The quantitative estimate of drug-likeness (QED) is 0.599. The lowest BCUT2D eigenvalue weighted by Gasteiger charge is -2.40. The van der Waals surface area contributed by atoms with Crippen LogP contribution in [-0.2, 0) is 4.79 Å². The van der Waals surface area contributed by atoms with Crippen LogP contribution in [0.4, 0.5) is 4.39 Å². The fourth-order valence-electron chi connectivity index (χ4n) is 1.62. The van der Waals surface area contributed by atoms with Crippen LogP contribution in [0.1, 0.15) is 11.6 Å². The molecule has 1 saturated heterocycles. The van der Waals surface area contributed by atoms with Crippen LogP contribution < -0.4 is 0 Å². The van der Waals surface area contributed by atoms with Gasteiger partial charge in [-0.15, -0.1) is 0 Å². The van der Waals surface area contributed by atoms with Crippen molar-refractivity contribution in [2.45, 2.75) is 12.2 Å². The highest BCUT2D eigenvalue weighted by molar-refractivity contribution is 5.88. The van der Waals surface area contributed by atoms with E-state index in [4.69, 9.17) is 0 Å². The minimum atomic E-state index is -1.35. The van der Waals surface area contributed by atoms with E-state index in [-0.39, 0.29) is 6.04 Å². The van der Waals surface area contributed by atoms with Crippen LogP contribution in [0.25, 0.3) is 0 Å². The monoisotopic (exact) mass is 179 g/mol. The van der Waals surface area contributed by atoms with Gasteiger partial charge in [0.05, 0.1) is 6.04 Å². The van der Waals surface area contributed by atoms with E-state index in [0.29, 0.717) is 0 Å². The molecule has 0 aliphatic carbocycles. The summed E-state index contributed by atoms with van der Waals surface area (Å²) in [6, 6.07) is 8.85. The number of nitrogens with zero attached hydrogens (tertiary/aromatic N) is 1. The number of alkyl halides is 1. The van der Waals surface area contributed by atoms with E-state index in [1.54, 1.807) is 7.05 Å². The van der Waals surface area contributed by atoms with Gasteiger partial charge in [0.15, 0.2) is 0 Å². The van der Waals surface area contributed by atoms with E-state index in [0.717, 1.165) is 5.56 Å². The van der Waals surface area contributed by atoms with Crippen molar-refractivity contribution in [2.75, 3.05) is 7.05 Å². The Bertz CT molecular complexity index is 313. The van der Waals surface area contributed by atoms with Crippen LogP contribution in [0.15, 0.2) is 30.3 Å². The summed E-state index contributed by atoms with van der Waals surface area (Å²) in [5.41, 5.74) is 0.858. The highest BCUT2D eigenvalue weighted by Crippen LogP contribution is 2.35. The van der Waals surface area contributed by atoms with E-state index in [9.17, 15) is 9.18 Å². The molecule has 0 bridgehead atoms. The Kier molecular flexibility index (Phi) is 1.79. The standard InChI is InChI=1S/C10H10FNO/c1-12-9(8(11)10(12)13)7-5-3-2-4-6-7/h2-6,8-9H,1H3/t8-,9+/m0/s1. The maximum absolute atomic E-state index is 13.1. The van der Waals surface area contributed by atoms with Crippen molar-refractivity contribution < 1.29 is 9.18 Å². The highest BCUT2D eigenvalue weighted by Gasteiger charge is 2.46. The van der Waals surface area contributed by atoms with E-state index < -0.39 is 12.1 Å². The normalized spacial score (nSPS) is 27.2. The van der Waals surface area contributed by atoms with Crippen molar-refractivity contribution in [2.24, 2.45) is 0 Å². The lowest BCUT2D eigenvalue weighted by atomic mass is 9.93. The molecule has 2 rings (SSSR count). The number of carbonyl (C=O) groups excluding carboxylic acids is 1. The molecule has 1 aliphatic rings. The Morgan fingerprint density at radius 3 is 2.46 bits per heavy atom. The predicted molar refractivity (Wildman–Crippen MR) is 46.8 cm³/mol. The molecule has 68 valence electrons. The maximum atomic E-state index is 13.1. The molecule has 1 amide bonds. The number of likely N-dealkylation sites (tertiary alicyclic amines) is 1. The van der Waals surface area contributed by atoms with Crippen LogP contribution >= 0.6 is 0 Å². The summed E-state index contributed by atoms with van der Waals surface area (Å²) in [7, 11) is 1.62. The third kappa shape index (κ3) is 1.11. The van der Waals surface area contributed by atoms with Crippen molar-refractivity contribution >= 4 is 5.91 Å². The zero-order valence-corrected chi connectivity index (χ0v) is 7.27. The first-order valence-corrected chi connectivity index (χ1v) is 4.17. The molecular weight excluding hydrogens is 169 g/mol. The maximum Gasteiger partial charge on any atom is 0.260 e. The van der Waals surface area contributed by atoms with Gasteiger partial charge in [-0.25, -0.2) is 4.39 Å². The Morgan fingerprint density at radius 2 is 1.92 bits per heavy atom. The molecule has 2 atom stereocenters. The summed E-state index contributed by atoms with van der Waals surface area (Å²) in [4.78, 5) is 12.3.